The number of nitrogens with one attached hydrogen (secondary N) is 1. The maximum Gasteiger partial charge on any atom is 0.227 e. The van der Waals surface area contributed by atoms with E-state index in [1.165, 1.54) is 0 Å². The van der Waals surface area contributed by atoms with Crippen molar-refractivity contribution in [3.05, 3.63) is 46.9 Å². The summed E-state index contributed by atoms with van der Waals surface area (Å²) in [6, 6.07) is 13.2. The summed E-state index contributed by atoms with van der Waals surface area (Å²) in [4.78, 5) is 15.9. The molecule has 2 aromatic carbocycles. The summed E-state index contributed by atoms with van der Waals surface area (Å²) in [7, 11) is 0. The molecule has 0 aliphatic rings. The molecule has 3 rings (SSSR count). The van der Waals surface area contributed by atoms with Crippen LogP contribution in [-0.2, 0) is 4.79 Å². The fourth-order valence-corrected chi connectivity index (χ4v) is 2.23. The van der Waals surface area contributed by atoms with Crippen molar-refractivity contribution in [3.63, 3.8) is 0 Å². The molecule has 0 aliphatic carbocycles. The van der Waals surface area contributed by atoms with Gasteiger partial charge < -0.3 is 9.73 Å². The minimum absolute atomic E-state index is 0.0222. The molecule has 3 aromatic rings. The number of carbonyl (C=O) groups excluding carboxylic acids is 1. The van der Waals surface area contributed by atoms with Gasteiger partial charge in [0.25, 0.3) is 0 Å². The molecule has 21 heavy (non-hydrogen) atoms. The SMILES string of the molecule is CCC(=O)Nc1ccc2oc(-c3ccc(Br)cc3)nc2c1. The van der Waals surface area contributed by atoms with E-state index in [2.05, 4.69) is 26.2 Å². The lowest BCUT2D eigenvalue weighted by Crippen LogP contribution is -2.08. The molecule has 0 saturated heterocycles. The Morgan fingerprint density at radius 2 is 2.00 bits per heavy atom. The predicted molar refractivity (Wildman–Crippen MR) is 86.1 cm³/mol. The molecule has 4 nitrogen and oxygen atoms in total. The quantitative estimate of drug-likeness (QED) is 0.754. The van der Waals surface area contributed by atoms with Crippen molar-refractivity contribution in [1.82, 2.24) is 4.98 Å². The highest BCUT2D eigenvalue weighted by Gasteiger charge is 2.09. The van der Waals surface area contributed by atoms with E-state index in [9.17, 15) is 4.79 Å². The number of rotatable bonds is 3. The van der Waals surface area contributed by atoms with E-state index in [1.54, 1.807) is 0 Å². The highest BCUT2D eigenvalue weighted by Crippen LogP contribution is 2.27. The molecule has 1 heterocycles. The van der Waals surface area contributed by atoms with Gasteiger partial charge in [-0.2, -0.15) is 0 Å². The van der Waals surface area contributed by atoms with Gasteiger partial charge in [0, 0.05) is 22.1 Å². The number of oxazole rings is 1. The largest absolute Gasteiger partial charge is 0.436 e. The summed E-state index contributed by atoms with van der Waals surface area (Å²) in [6.07, 6.45) is 0.445. The van der Waals surface area contributed by atoms with Crippen LogP contribution in [-0.4, -0.2) is 10.9 Å². The molecule has 0 fully saturated rings. The number of aromatic nitrogens is 1. The van der Waals surface area contributed by atoms with E-state index >= 15 is 0 Å². The van der Waals surface area contributed by atoms with Crippen LogP contribution in [0.15, 0.2) is 51.4 Å². The van der Waals surface area contributed by atoms with Crippen molar-refractivity contribution in [2.24, 2.45) is 0 Å². The number of carbonyl (C=O) groups is 1. The maximum atomic E-state index is 11.4. The van der Waals surface area contributed by atoms with Gasteiger partial charge in [-0.25, -0.2) is 4.98 Å². The lowest BCUT2D eigenvalue weighted by Gasteiger charge is -2.01. The molecule has 0 bridgehead atoms. The predicted octanol–water partition coefficient (Wildman–Crippen LogP) is 4.61. The molecule has 1 amide bonds. The standard InChI is InChI=1S/C16H13BrN2O2/c1-2-15(20)18-12-7-8-14-13(9-12)19-16(21-14)10-3-5-11(17)6-4-10/h3-9H,2H2,1H3,(H,18,20). The summed E-state index contributed by atoms with van der Waals surface area (Å²) < 4.78 is 6.75. The van der Waals surface area contributed by atoms with Gasteiger partial charge in [0.1, 0.15) is 5.52 Å². The van der Waals surface area contributed by atoms with Crippen molar-refractivity contribution < 1.29 is 9.21 Å². The minimum atomic E-state index is -0.0222. The first-order chi connectivity index (χ1) is 10.2. The topological polar surface area (TPSA) is 55.1 Å². The average molecular weight is 345 g/mol. The molecule has 0 unspecified atom stereocenters. The number of nitrogens with zero attached hydrogens (tertiary/aromatic N) is 1. The van der Waals surface area contributed by atoms with E-state index in [-0.39, 0.29) is 5.91 Å². The Labute approximate surface area is 130 Å². The monoisotopic (exact) mass is 344 g/mol. The zero-order valence-electron chi connectivity index (χ0n) is 11.4. The average Bonchev–Trinajstić information content (AvgIpc) is 2.91. The van der Waals surface area contributed by atoms with Crippen LogP contribution >= 0.6 is 15.9 Å². The van der Waals surface area contributed by atoms with Crippen LogP contribution in [0.5, 0.6) is 0 Å². The van der Waals surface area contributed by atoms with Gasteiger partial charge in [-0.15, -0.1) is 0 Å². The third-order valence-corrected chi connectivity index (χ3v) is 3.61. The molecular formula is C16H13BrN2O2. The number of amides is 1. The van der Waals surface area contributed by atoms with Crippen LogP contribution in [0.1, 0.15) is 13.3 Å². The molecule has 106 valence electrons. The molecule has 0 saturated carbocycles. The highest BCUT2D eigenvalue weighted by molar-refractivity contribution is 9.10. The second-order valence-electron chi connectivity index (χ2n) is 4.61. The van der Waals surface area contributed by atoms with Crippen LogP contribution in [0.4, 0.5) is 5.69 Å². The summed E-state index contributed by atoms with van der Waals surface area (Å²) in [5, 5.41) is 2.81. The second-order valence-corrected chi connectivity index (χ2v) is 5.53. The fourth-order valence-electron chi connectivity index (χ4n) is 1.97. The zero-order valence-corrected chi connectivity index (χ0v) is 13.0. The van der Waals surface area contributed by atoms with Crippen molar-refractivity contribution in [2.75, 3.05) is 5.32 Å². The van der Waals surface area contributed by atoms with Gasteiger partial charge in [-0.3, -0.25) is 4.79 Å². The summed E-state index contributed by atoms with van der Waals surface area (Å²) in [6.45, 7) is 1.82. The Morgan fingerprint density at radius 1 is 1.24 bits per heavy atom. The number of anilines is 1. The Morgan fingerprint density at radius 3 is 2.71 bits per heavy atom. The van der Waals surface area contributed by atoms with Crippen molar-refractivity contribution in [3.8, 4) is 11.5 Å². The van der Waals surface area contributed by atoms with Gasteiger partial charge in [0.15, 0.2) is 5.58 Å². The number of hydrogen-bond donors (Lipinski definition) is 1. The summed E-state index contributed by atoms with van der Waals surface area (Å²) in [5.41, 5.74) is 3.06. The highest BCUT2D eigenvalue weighted by atomic mass is 79.9. The number of halogens is 1. The molecule has 0 atom stereocenters. The van der Waals surface area contributed by atoms with Crippen LogP contribution in [0.3, 0.4) is 0 Å². The third kappa shape index (κ3) is 2.97. The van der Waals surface area contributed by atoms with Crippen LogP contribution < -0.4 is 5.32 Å². The zero-order chi connectivity index (χ0) is 14.8. The summed E-state index contributed by atoms with van der Waals surface area (Å²) in [5.74, 6) is 0.544. The Bertz CT molecular complexity index is 794. The van der Waals surface area contributed by atoms with Crippen LogP contribution in [0.2, 0.25) is 0 Å². The smallest absolute Gasteiger partial charge is 0.227 e. The molecule has 5 heteroatoms. The van der Waals surface area contributed by atoms with Crippen molar-refractivity contribution in [1.29, 1.82) is 0 Å². The maximum absolute atomic E-state index is 11.4. The van der Waals surface area contributed by atoms with Crippen molar-refractivity contribution in [2.45, 2.75) is 13.3 Å². The molecule has 1 N–H and O–H groups in total. The van der Waals surface area contributed by atoms with E-state index in [1.807, 2.05) is 49.4 Å². The Kier molecular flexibility index (Phi) is 3.75. The third-order valence-electron chi connectivity index (χ3n) is 3.08. The fraction of sp³-hybridized carbons (Fsp3) is 0.125. The van der Waals surface area contributed by atoms with Gasteiger partial charge in [0.2, 0.25) is 11.8 Å². The van der Waals surface area contributed by atoms with E-state index < -0.39 is 0 Å². The first-order valence-electron chi connectivity index (χ1n) is 6.62. The van der Waals surface area contributed by atoms with E-state index in [0.29, 0.717) is 17.9 Å². The van der Waals surface area contributed by atoms with Gasteiger partial charge in [-0.1, -0.05) is 22.9 Å². The molecule has 0 aliphatic heterocycles. The lowest BCUT2D eigenvalue weighted by atomic mass is 10.2. The van der Waals surface area contributed by atoms with Crippen LogP contribution in [0.25, 0.3) is 22.6 Å². The first-order valence-corrected chi connectivity index (χ1v) is 7.41. The van der Waals surface area contributed by atoms with E-state index in [0.717, 1.165) is 21.2 Å². The molecule has 0 spiro atoms. The molecule has 0 radical (unpaired) electrons. The Hall–Kier alpha value is -2.14. The minimum Gasteiger partial charge on any atom is -0.436 e. The first kappa shape index (κ1) is 13.8. The lowest BCUT2D eigenvalue weighted by molar-refractivity contribution is -0.115. The van der Waals surface area contributed by atoms with Gasteiger partial charge in [0.05, 0.1) is 0 Å². The number of hydrogen-bond acceptors (Lipinski definition) is 3. The number of fused-ring (bicyclic) bond motifs is 1. The van der Waals surface area contributed by atoms with Gasteiger partial charge >= 0.3 is 0 Å². The van der Waals surface area contributed by atoms with Crippen molar-refractivity contribution >= 4 is 38.6 Å². The number of benzene rings is 2. The molecular weight excluding hydrogens is 332 g/mol. The van der Waals surface area contributed by atoms with E-state index in [4.69, 9.17) is 4.42 Å². The van der Waals surface area contributed by atoms with Gasteiger partial charge in [-0.05, 0) is 42.5 Å². The Balaban J connectivity index is 1.96. The second kappa shape index (κ2) is 5.69. The normalized spacial score (nSPS) is 10.8. The summed E-state index contributed by atoms with van der Waals surface area (Å²) >= 11 is 3.40. The molecule has 1 aromatic heterocycles. The van der Waals surface area contributed by atoms with Crippen LogP contribution in [0, 0.1) is 0 Å².